The summed E-state index contributed by atoms with van der Waals surface area (Å²) in [5, 5.41) is 16.9. The van der Waals surface area contributed by atoms with Gasteiger partial charge in [0.05, 0.1) is 54.9 Å². The fraction of sp³-hybridized carbons (Fsp3) is 0.408. The van der Waals surface area contributed by atoms with Crippen molar-refractivity contribution in [1.82, 2.24) is 39.5 Å². The third-order valence-corrected chi connectivity index (χ3v) is 13.2. The molecule has 4 atom stereocenters. The topological polar surface area (TPSA) is 169 Å². The number of pyridine rings is 2. The van der Waals surface area contributed by atoms with Crippen molar-refractivity contribution >= 4 is 46.8 Å². The van der Waals surface area contributed by atoms with Crippen LogP contribution in [0.15, 0.2) is 91.4 Å². The van der Waals surface area contributed by atoms with E-state index in [-0.39, 0.29) is 38.4 Å². The summed E-state index contributed by atoms with van der Waals surface area (Å²) in [6.07, 6.45) is 5.80. The number of nitrogens with one attached hydrogen (secondary N) is 1. The number of carbonyl (C=O) groups is 4. The molecule has 0 radical (unpaired) electrons. The predicted octanol–water partition coefficient (Wildman–Crippen LogP) is 5.45. The molecule has 4 amide bonds. The first-order valence-corrected chi connectivity index (χ1v) is 23.0. The Morgan fingerprint density at radius 3 is 2.42 bits per heavy atom. The number of methoxy groups -OCH3 is 1. The van der Waals surface area contributed by atoms with Gasteiger partial charge in [-0.05, 0) is 82.2 Å². The van der Waals surface area contributed by atoms with Crippen LogP contribution in [0, 0.1) is 11.1 Å². The Hall–Kier alpha value is -6.07. The summed E-state index contributed by atoms with van der Waals surface area (Å²) in [7, 11) is 9.03. The SMILES string of the molecule is COC[C@@H]1NC(=O)[C@H](C)N(Cc2ccc(Cl)cc2Oc2ccc(-c3cnc(CN(C)C)n3C)nc2)C(=O)C[C@@H](Cc2cccc[n+]2[O-])C(=O)N2CCC[C@@](Cc3ccc(Cl)cc3)(C2)N(C)C1=O. The molecule has 0 spiro atoms. The molecule has 354 valence electrons. The van der Waals surface area contributed by atoms with Crippen LogP contribution < -0.4 is 14.8 Å². The van der Waals surface area contributed by atoms with E-state index in [4.69, 9.17) is 32.7 Å². The van der Waals surface area contributed by atoms with Crippen molar-refractivity contribution in [2.24, 2.45) is 13.0 Å². The summed E-state index contributed by atoms with van der Waals surface area (Å²) in [4.78, 5) is 75.2. The summed E-state index contributed by atoms with van der Waals surface area (Å²) in [5.74, 6) is -1.33. The molecule has 16 nitrogen and oxygen atoms in total. The van der Waals surface area contributed by atoms with Crippen LogP contribution >= 0.6 is 23.2 Å². The Labute approximate surface area is 401 Å². The summed E-state index contributed by atoms with van der Waals surface area (Å²) >= 11 is 12.8. The number of halogens is 2. The Morgan fingerprint density at radius 1 is 0.955 bits per heavy atom. The first kappa shape index (κ1) is 48.9. The number of hydrogen-bond donors (Lipinski definition) is 1. The third kappa shape index (κ3) is 11.4. The minimum atomic E-state index is -1.17. The maximum Gasteiger partial charge on any atom is 0.247 e. The number of piperidine rings is 1. The standard InChI is InChI=1S/C49H57Cl2N9O7/c1-32-46(62)54-41(30-66-6)48(64)57(5)49(25-33-11-14-36(50)15-12-33)19-9-20-58(31-49)47(63)35(22-38-10-7-8-21-60(38)65)23-45(61)59(32)28-34-13-16-37(51)24-43(34)67-39-17-18-40(52-26-39)42-27-53-44(56(42)4)29-55(2)3/h7-8,10-18,21,24,26-27,32,35,41H,9,19-20,22-23,25,28-31H2,1-6H3,(H,54,62)/t32-,35+,41-,49+/m0/s1. The number of hydrogen-bond acceptors (Lipinski definition) is 10. The Morgan fingerprint density at radius 2 is 1.72 bits per heavy atom. The molecule has 1 N–H and O–H groups in total. The van der Waals surface area contributed by atoms with E-state index in [2.05, 4.69) is 15.3 Å². The van der Waals surface area contributed by atoms with Gasteiger partial charge in [0.2, 0.25) is 23.6 Å². The van der Waals surface area contributed by atoms with Gasteiger partial charge in [0, 0.05) is 74.9 Å². The number of benzene rings is 2. The van der Waals surface area contributed by atoms with Gasteiger partial charge in [-0.3, -0.25) is 24.2 Å². The molecule has 0 aliphatic carbocycles. The van der Waals surface area contributed by atoms with Gasteiger partial charge in [-0.15, -0.1) is 0 Å². The van der Waals surface area contributed by atoms with Crippen LogP contribution in [-0.4, -0.2) is 123 Å². The van der Waals surface area contributed by atoms with Gasteiger partial charge in [0.15, 0.2) is 11.9 Å². The van der Waals surface area contributed by atoms with Gasteiger partial charge < -0.3 is 44.2 Å². The summed E-state index contributed by atoms with van der Waals surface area (Å²) in [6, 6.07) is 18.5. The number of fused-ring (bicyclic) bond motifs is 2. The highest BCUT2D eigenvalue weighted by atomic mass is 35.5. The lowest BCUT2D eigenvalue weighted by Gasteiger charge is -2.50. The van der Waals surface area contributed by atoms with Crippen LogP contribution in [0.5, 0.6) is 11.5 Å². The van der Waals surface area contributed by atoms with E-state index in [1.165, 1.54) is 18.2 Å². The van der Waals surface area contributed by atoms with Crippen LogP contribution in [0.1, 0.15) is 48.8 Å². The highest BCUT2D eigenvalue weighted by Gasteiger charge is 2.46. The molecule has 0 unspecified atom stereocenters. The minimum absolute atomic E-state index is 0.0528. The zero-order valence-electron chi connectivity index (χ0n) is 38.7. The van der Waals surface area contributed by atoms with Crippen molar-refractivity contribution in [2.45, 2.75) is 69.7 Å². The van der Waals surface area contributed by atoms with Gasteiger partial charge in [-0.1, -0.05) is 47.5 Å². The summed E-state index contributed by atoms with van der Waals surface area (Å²) in [5.41, 5.74) is 2.30. The average molecular weight is 955 g/mol. The smallest absolute Gasteiger partial charge is 0.247 e. The van der Waals surface area contributed by atoms with Crippen molar-refractivity contribution in [2.75, 3.05) is 47.9 Å². The highest BCUT2D eigenvalue weighted by Crippen LogP contribution is 2.35. The van der Waals surface area contributed by atoms with Crippen LogP contribution in [0.3, 0.4) is 0 Å². The second kappa shape index (κ2) is 21.3. The molecule has 2 bridgehead atoms. The number of carbonyl (C=O) groups excluding carboxylic acids is 4. The van der Waals surface area contributed by atoms with Gasteiger partial charge in [0.25, 0.3) is 0 Å². The van der Waals surface area contributed by atoms with E-state index >= 15 is 4.79 Å². The number of rotatable bonds is 13. The van der Waals surface area contributed by atoms with E-state index in [9.17, 15) is 19.6 Å². The monoisotopic (exact) mass is 953 g/mol. The summed E-state index contributed by atoms with van der Waals surface area (Å²) in [6.45, 7) is 2.44. The number of nitrogens with zero attached hydrogens (tertiary/aromatic N) is 8. The number of imidazole rings is 1. The molecule has 2 aliphatic rings. The third-order valence-electron chi connectivity index (χ3n) is 12.7. The molecule has 3 aromatic heterocycles. The number of ether oxygens (including phenoxy) is 2. The number of amides is 4. The van der Waals surface area contributed by atoms with Crippen molar-refractivity contribution in [3.05, 3.63) is 129 Å². The van der Waals surface area contributed by atoms with Crippen molar-refractivity contribution < 1.29 is 33.4 Å². The molecule has 5 aromatic rings. The molecule has 2 saturated heterocycles. The maximum atomic E-state index is 15.0. The molecule has 67 heavy (non-hydrogen) atoms. The van der Waals surface area contributed by atoms with E-state index < -0.39 is 41.3 Å². The van der Waals surface area contributed by atoms with Crippen molar-refractivity contribution in [3.8, 4) is 22.9 Å². The van der Waals surface area contributed by atoms with Crippen LogP contribution in [0.4, 0.5) is 0 Å². The van der Waals surface area contributed by atoms with Gasteiger partial charge in [0.1, 0.15) is 29.4 Å². The molecule has 5 heterocycles. The number of likely N-dealkylation sites (N-methyl/N-ethyl adjacent to an activating group) is 1. The normalized spacial score (nSPS) is 20.9. The Kier molecular flexibility index (Phi) is 15.5. The Bertz CT molecular complexity index is 2570. The van der Waals surface area contributed by atoms with Gasteiger partial charge in [-0.2, -0.15) is 4.73 Å². The molecule has 0 saturated carbocycles. The molecule has 2 fully saturated rings. The van der Waals surface area contributed by atoms with E-state index in [1.54, 1.807) is 90.8 Å². The van der Waals surface area contributed by atoms with E-state index in [1.807, 2.05) is 48.8 Å². The van der Waals surface area contributed by atoms with Crippen molar-refractivity contribution in [3.63, 3.8) is 0 Å². The molecule has 18 heteroatoms. The first-order chi connectivity index (χ1) is 32.0. The lowest BCUT2D eigenvalue weighted by atomic mass is 9.80. The lowest BCUT2D eigenvalue weighted by molar-refractivity contribution is -0.614. The van der Waals surface area contributed by atoms with Gasteiger partial charge >= 0.3 is 0 Å². The molecular weight excluding hydrogens is 898 g/mol. The minimum Gasteiger partial charge on any atom is -0.619 e. The second-order valence-electron chi connectivity index (χ2n) is 17.7. The average Bonchev–Trinajstić information content (AvgIpc) is 3.66. The highest BCUT2D eigenvalue weighted by molar-refractivity contribution is 6.31. The number of aromatic nitrogens is 4. The zero-order chi connectivity index (χ0) is 48.0. The van der Waals surface area contributed by atoms with Gasteiger partial charge in [-0.25, -0.2) is 4.98 Å². The maximum absolute atomic E-state index is 15.0. The van der Waals surface area contributed by atoms with Crippen molar-refractivity contribution in [1.29, 1.82) is 0 Å². The Balaban J connectivity index is 1.24. The molecular formula is C49H57Cl2N9O7. The second-order valence-corrected chi connectivity index (χ2v) is 18.6. The largest absolute Gasteiger partial charge is 0.619 e. The fourth-order valence-electron chi connectivity index (χ4n) is 8.98. The molecule has 7 rings (SSSR count). The van der Waals surface area contributed by atoms with E-state index in [0.29, 0.717) is 75.6 Å². The summed E-state index contributed by atoms with van der Waals surface area (Å²) < 4.78 is 14.6. The quantitative estimate of drug-likeness (QED) is 0.118. The lowest BCUT2D eigenvalue weighted by Crippen LogP contribution is -2.65. The predicted molar refractivity (Wildman–Crippen MR) is 253 cm³/mol. The molecule has 2 aromatic carbocycles. The van der Waals surface area contributed by atoms with Crippen LogP contribution in [0.2, 0.25) is 10.0 Å². The molecule has 2 aliphatic heterocycles. The van der Waals surface area contributed by atoms with E-state index in [0.717, 1.165) is 17.1 Å². The van der Waals surface area contributed by atoms with Crippen LogP contribution in [0.25, 0.3) is 11.4 Å². The first-order valence-electron chi connectivity index (χ1n) is 22.2. The van der Waals surface area contributed by atoms with Crippen LogP contribution in [-0.2, 0) is 56.9 Å². The zero-order valence-corrected chi connectivity index (χ0v) is 40.2. The fourth-order valence-corrected chi connectivity index (χ4v) is 9.27.